The second kappa shape index (κ2) is 69.8. The summed E-state index contributed by atoms with van der Waals surface area (Å²) < 4.78 is 17.0. The van der Waals surface area contributed by atoms with E-state index in [0.717, 1.165) is 167 Å². The molecule has 0 spiro atoms. The van der Waals surface area contributed by atoms with E-state index in [9.17, 15) is 14.4 Å². The predicted molar refractivity (Wildman–Crippen MR) is 362 cm³/mol. The zero-order valence-electron chi connectivity index (χ0n) is 53.9. The van der Waals surface area contributed by atoms with Gasteiger partial charge in [0, 0.05) is 19.3 Å². The Labute approximate surface area is 512 Å². The topological polar surface area (TPSA) is 78.9 Å². The SMILES string of the molecule is CC/C=C\C/C=C\C/C=C\C/C=C\C/C=C\C/C=C\C/C=C\CCCCCCCC(=O)OCC(COC(=O)CCCCCCCCCCCCCCCCC)OC(=O)CCCCCCCCC/C=C\C/C=C\C/C=C\C/C=C\C/C=C\CC. The van der Waals surface area contributed by atoms with Crippen LogP contribution in [0.2, 0.25) is 0 Å². The molecular formula is C77H126O6. The summed E-state index contributed by atoms with van der Waals surface area (Å²) in [6, 6.07) is 0. The Kier molecular flexibility index (Phi) is 65.8. The van der Waals surface area contributed by atoms with Gasteiger partial charge in [-0.05, 0) is 122 Å². The summed E-state index contributed by atoms with van der Waals surface area (Å²) in [7, 11) is 0. The minimum absolute atomic E-state index is 0.0912. The molecule has 0 amide bonds. The molecule has 83 heavy (non-hydrogen) atoms. The lowest BCUT2D eigenvalue weighted by molar-refractivity contribution is -0.167. The first-order valence-corrected chi connectivity index (χ1v) is 34.3. The number of allylic oxidation sites excluding steroid dienone is 24. The second-order valence-electron chi connectivity index (χ2n) is 22.3. The normalized spacial score (nSPS) is 13.0. The van der Waals surface area contributed by atoms with Crippen molar-refractivity contribution in [3.05, 3.63) is 146 Å². The Morgan fingerprint density at radius 2 is 0.470 bits per heavy atom. The van der Waals surface area contributed by atoms with Crippen LogP contribution in [0.15, 0.2) is 146 Å². The summed E-state index contributed by atoms with van der Waals surface area (Å²) in [6.45, 7) is 6.41. The summed E-state index contributed by atoms with van der Waals surface area (Å²) in [4.78, 5) is 38.5. The molecule has 0 saturated carbocycles. The fraction of sp³-hybridized carbons (Fsp3) is 0.649. The number of hydrogen-bond acceptors (Lipinski definition) is 6. The molecule has 0 aromatic heterocycles. The van der Waals surface area contributed by atoms with Crippen LogP contribution in [0.1, 0.15) is 303 Å². The Morgan fingerprint density at radius 3 is 0.735 bits per heavy atom. The van der Waals surface area contributed by atoms with Gasteiger partial charge in [0.1, 0.15) is 13.2 Å². The highest BCUT2D eigenvalue weighted by Crippen LogP contribution is 2.16. The number of carbonyl (C=O) groups is 3. The molecular weight excluding hydrogens is 1020 g/mol. The molecule has 470 valence electrons. The predicted octanol–water partition coefficient (Wildman–Crippen LogP) is 23.9. The fourth-order valence-electron chi connectivity index (χ4n) is 9.27. The fourth-order valence-corrected chi connectivity index (χ4v) is 9.27. The highest BCUT2D eigenvalue weighted by Gasteiger charge is 2.19. The lowest BCUT2D eigenvalue weighted by Gasteiger charge is -2.18. The largest absolute Gasteiger partial charge is 0.462 e. The van der Waals surface area contributed by atoms with Gasteiger partial charge in [-0.1, -0.05) is 308 Å². The van der Waals surface area contributed by atoms with Crippen LogP contribution in [-0.2, 0) is 28.6 Å². The zero-order valence-corrected chi connectivity index (χ0v) is 53.9. The highest BCUT2D eigenvalue weighted by atomic mass is 16.6. The molecule has 0 aliphatic rings. The molecule has 0 fully saturated rings. The van der Waals surface area contributed by atoms with Crippen LogP contribution in [0.5, 0.6) is 0 Å². The van der Waals surface area contributed by atoms with Crippen LogP contribution in [0.4, 0.5) is 0 Å². The minimum atomic E-state index is -0.799. The van der Waals surface area contributed by atoms with Gasteiger partial charge in [-0.3, -0.25) is 14.4 Å². The number of carbonyl (C=O) groups excluding carboxylic acids is 3. The molecule has 0 bridgehead atoms. The molecule has 0 rings (SSSR count). The van der Waals surface area contributed by atoms with E-state index in [4.69, 9.17) is 14.2 Å². The third kappa shape index (κ3) is 68.0. The van der Waals surface area contributed by atoms with Crippen molar-refractivity contribution in [3.63, 3.8) is 0 Å². The van der Waals surface area contributed by atoms with Crippen molar-refractivity contribution in [3.8, 4) is 0 Å². The van der Waals surface area contributed by atoms with Crippen LogP contribution >= 0.6 is 0 Å². The van der Waals surface area contributed by atoms with E-state index in [1.54, 1.807) is 0 Å². The van der Waals surface area contributed by atoms with Crippen molar-refractivity contribution in [2.45, 2.75) is 309 Å². The van der Waals surface area contributed by atoms with Crippen LogP contribution in [-0.4, -0.2) is 37.2 Å². The number of rotatable bonds is 61. The van der Waals surface area contributed by atoms with Crippen molar-refractivity contribution in [2.75, 3.05) is 13.2 Å². The van der Waals surface area contributed by atoms with Crippen molar-refractivity contribution >= 4 is 17.9 Å². The van der Waals surface area contributed by atoms with E-state index >= 15 is 0 Å². The quantitative estimate of drug-likeness (QED) is 0.0261. The summed E-state index contributed by atoms with van der Waals surface area (Å²) in [5.41, 5.74) is 0. The standard InChI is InChI=1S/C77H126O6/c1-4-7-10-13-16-19-22-25-28-30-32-34-36-37-38-39-41-42-44-46-49-52-55-58-61-64-67-70-76(79)82-73-74(72-81-75(78)69-66-63-60-57-54-51-48-27-24-21-18-15-12-9-6-3)83-77(80)71-68-65-62-59-56-53-50-47-45-43-40-35-33-31-29-26-23-20-17-14-11-8-5-2/h7-8,10-11,16-17,19-20,25-26,28-29,32-35,37-38,41-43,45-46,49,74H,4-6,9,12-15,18,21-24,27,30-31,36,39-40,44,47-48,50-73H2,1-3H3/b10-7-,11-8-,19-16-,20-17-,28-25-,29-26-,34-32-,35-33-,38-37-,42-41-,45-43-,49-46-. The molecule has 0 radical (unpaired) electrons. The van der Waals surface area contributed by atoms with Crippen LogP contribution in [0.25, 0.3) is 0 Å². The average molecular weight is 1150 g/mol. The summed E-state index contributed by atoms with van der Waals surface area (Å²) >= 11 is 0. The van der Waals surface area contributed by atoms with Gasteiger partial charge in [0.25, 0.3) is 0 Å². The third-order valence-electron chi connectivity index (χ3n) is 14.3. The number of unbranched alkanes of at least 4 members (excludes halogenated alkanes) is 26. The second-order valence-corrected chi connectivity index (χ2v) is 22.3. The van der Waals surface area contributed by atoms with Gasteiger partial charge in [0.15, 0.2) is 6.10 Å². The van der Waals surface area contributed by atoms with E-state index in [1.807, 2.05) is 0 Å². The van der Waals surface area contributed by atoms with Gasteiger partial charge in [0.2, 0.25) is 0 Å². The third-order valence-corrected chi connectivity index (χ3v) is 14.3. The van der Waals surface area contributed by atoms with E-state index in [0.29, 0.717) is 19.3 Å². The van der Waals surface area contributed by atoms with Gasteiger partial charge >= 0.3 is 17.9 Å². The molecule has 1 atom stereocenters. The summed E-state index contributed by atoms with van der Waals surface area (Å²) in [6.07, 6.45) is 99.9. The monoisotopic (exact) mass is 1150 g/mol. The summed E-state index contributed by atoms with van der Waals surface area (Å²) in [5.74, 6) is -0.916. The van der Waals surface area contributed by atoms with E-state index < -0.39 is 6.10 Å². The maximum Gasteiger partial charge on any atom is 0.306 e. The van der Waals surface area contributed by atoms with Gasteiger partial charge in [-0.15, -0.1) is 0 Å². The number of ether oxygens (including phenoxy) is 3. The molecule has 0 N–H and O–H groups in total. The maximum atomic E-state index is 13.0. The molecule has 0 aliphatic carbocycles. The first kappa shape index (κ1) is 78.3. The van der Waals surface area contributed by atoms with Gasteiger partial charge in [-0.25, -0.2) is 0 Å². The van der Waals surface area contributed by atoms with Crippen molar-refractivity contribution in [1.82, 2.24) is 0 Å². The Balaban J connectivity index is 4.44. The molecule has 1 unspecified atom stereocenters. The highest BCUT2D eigenvalue weighted by molar-refractivity contribution is 5.71. The van der Waals surface area contributed by atoms with Crippen LogP contribution in [0.3, 0.4) is 0 Å². The Bertz CT molecular complexity index is 1800. The lowest BCUT2D eigenvalue weighted by atomic mass is 10.0. The lowest BCUT2D eigenvalue weighted by Crippen LogP contribution is -2.30. The van der Waals surface area contributed by atoms with Gasteiger partial charge in [-0.2, -0.15) is 0 Å². The first-order valence-electron chi connectivity index (χ1n) is 34.3. The molecule has 6 nitrogen and oxygen atoms in total. The van der Waals surface area contributed by atoms with Crippen LogP contribution in [0, 0.1) is 0 Å². The Morgan fingerprint density at radius 1 is 0.253 bits per heavy atom. The van der Waals surface area contributed by atoms with Gasteiger partial charge in [0.05, 0.1) is 0 Å². The molecule has 6 heteroatoms. The first-order chi connectivity index (χ1) is 41.0. The number of esters is 3. The molecule has 0 aromatic rings. The smallest absolute Gasteiger partial charge is 0.306 e. The Hall–Kier alpha value is -4.71. The van der Waals surface area contributed by atoms with E-state index in [-0.39, 0.29) is 31.1 Å². The zero-order chi connectivity index (χ0) is 59.9. The van der Waals surface area contributed by atoms with Crippen molar-refractivity contribution in [1.29, 1.82) is 0 Å². The molecule has 0 aliphatic heterocycles. The van der Waals surface area contributed by atoms with Crippen LogP contribution < -0.4 is 0 Å². The van der Waals surface area contributed by atoms with Crippen molar-refractivity contribution in [2.24, 2.45) is 0 Å². The van der Waals surface area contributed by atoms with Crippen molar-refractivity contribution < 1.29 is 28.6 Å². The van der Waals surface area contributed by atoms with E-state index in [1.165, 1.54) is 96.3 Å². The molecule has 0 saturated heterocycles. The number of hydrogen-bond donors (Lipinski definition) is 0. The molecule has 0 heterocycles. The van der Waals surface area contributed by atoms with E-state index in [2.05, 4.69) is 167 Å². The summed E-state index contributed by atoms with van der Waals surface area (Å²) in [5, 5.41) is 0. The minimum Gasteiger partial charge on any atom is -0.462 e. The van der Waals surface area contributed by atoms with Gasteiger partial charge < -0.3 is 14.2 Å². The average Bonchev–Trinajstić information content (AvgIpc) is 3.49. The molecule has 0 aromatic carbocycles. The maximum absolute atomic E-state index is 13.0.